The van der Waals surface area contributed by atoms with Crippen LogP contribution in [0, 0.1) is 0 Å². The SMILES string of the molecule is CC(C)(NC(=O)CCl)c1cncc(S(=O)(=O)C2CC2)n1. The van der Waals surface area contributed by atoms with E-state index >= 15 is 0 Å². The lowest BCUT2D eigenvalue weighted by Gasteiger charge is -2.25. The quantitative estimate of drug-likeness (QED) is 0.818. The molecule has 0 bridgehead atoms. The molecule has 8 heteroatoms. The Morgan fingerprint density at radius 3 is 2.65 bits per heavy atom. The second-order valence-electron chi connectivity index (χ2n) is 5.29. The maximum atomic E-state index is 12.1. The molecule has 6 nitrogen and oxygen atoms in total. The zero-order chi connectivity index (χ0) is 15.0. The summed E-state index contributed by atoms with van der Waals surface area (Å²) in [6.45, 7) is 3.43. The Labute approximate surface area is 122 Å². The molecule has 2 rings (SSSR count). The highest BCUT2D eigenvalue weighted by molar-refractivity contribution is 7.92. The fourth-order valence-corrected chi connectivity index (χ4v) is 3.38. The summed E-state index contributed by atoms with van der Waals surface area (Å²) in [7, 11) is -3.39. The van der Waals surface area contributed by atoms with Gasteiger partial charge < -0.3 is 5.32 Å². The van der Waals surface area contributed by atoms with Crippen LogP contribution in [0.4, 0.5) is 0 Å². The summed E-state index contributed by atoms with van der Waals surface area (Å²) < 4.78 is 24.3. The molecular weight excluding hydrogens is 302 g/mol. The number of hydrogen-bond donors (Lipinski definition) is 1. The molecule has 1 aliphatic carbocycles. The van der Waals surface area contributed by atoms with Crippen molar-refractivity contribution in [2.45, 2.75) is 42.5 Å². The first-order chi connectivity index (χ1) is 9.27. The standard InChI is InChI=1S/C12H16ClN3O3S/c1-12(2,16-10(17)5-13)9-6-14-7-11(15-9)20(18,19)8-3-4-8/h6-8H,3-5H2,1-2H3,(H,16,17). The third-order valence-corrected chi connectivity index (χ3v) is 5.45. The number of sulfone groups is 1. The zero-order valence-electron chi connectivity index (χ0n) is 11.3. The van der Waals surface area contributed by atoms with E-state index in [0.29, 0.717) is 18.5 Å². The fourth-order valence-electron chi connectivity index (χ4n) is 1.78. The molecule has 1 aliphatic rings. The van der Waals surface area contributed by atoms with Crippen molar-refractivity contribution in [1.29, 1.82) is 0 Å². The van der Waals surface area contributed by atoms with Gasteiger partial charge in [0.15, 0.2) is 14.9 Å². The van der Waals surface area contributed by atoms with E-state index in [0.717, 1.165) is 0 Å². The Hall–Kier alpha value is -1.21. The minimum absolute atomic E-state index is 0.0364. The van der Waals surface area contributed by atoms with Crippen molar-refractivity contribution >= 4 is 27.3 Å². The first-order valence-corrected chi connectivity index (χ1v) is 8.29. The van der Waals surface area contributed by atoms with Crippen molar-refractivity contribution in [3.8, 4) is 0 Å². The van der Waals surface area contributed by atoms with Crippen LogP contribution in [-0.4, -0.2) is 35.4 Å². The summed E-state index contributed by atoms with van der Waals surface area (Å²) in [5.74, 6) is -0.523. The second-order valence-corrected chi connectivity index (χ2v) is 7.74. The van der Waals surface area contributed by atoms with Gasteiger partial charge in [0.05, 0.1) is 28.9 Å². The minimum atomic E-state index is -3.39. The molecule has 1 fully saturated rings. The average molecular weight is 318 g/mol. The first-order valence-electron chi connectivity index (χ1n) is 6.21. The number of nitrogens with zero attached hydrogens (tertiary/aromatic N) is 2. The van der Waals surface area contributed by atoms with Gasteiger partial charge in [0.25, 0.3) is 0 Å². The molecule has 0 unspecified atom stereocenters. The van der Waals surface area contributed by atoms with Crippen LogP contribution in [0.25, 0.3) is 0 Å². The summed E-state index contributed by atoms with van der Waals surface area (Å²) in [4.78, 5) is 19.5. The number of carbonyl (C=O) groups is 1. The monoisotopic (exact) mass is 317 g/mol. The van der Waals surface area contributed by atoms with Crippen molar-refractivity contribution in [3.63, 3.8) is 0 Å². The van der Waals surface area contributed by atoms with E-state index in [2.05, 4.69) is 15.3 Å². The lowest BCUT2D eigenvalue weighted by molar-refractivity contribution is -0.120. The van der Waals surface area contributed by atoms with Gasteiger partial charge in [-0.25, -0.2) is 13.4 Å². The van der Waals surface area contributed by atoms with E-state index in [4.69, 9.17) is 11.6 Å². The molecule has 0 spiro atoms. The molecular formula is C12H16ClN3O3S. The van der Waals surface area contributed by atoms with Crippen molar-refractivity contribution in [3.05, 3.63) is 18.1 Å². The molecule has 0 radical (unpaired) electrons. The summed E-state index contributed by atoms with van der Waals surface area (Å²) in [6.07, 6.45) is 4.03. The molecule has 1 aromatic heterocycles. The number of amides is 1. The highest BCUT2D eigenvalue weighted by Crippen LogP contribution is 2.32. The Balaban J connectivity index is 2.32. The maximum absolute atomic E-state index is 12.1. The van der Waals surface area contributed by atoms with Gasteiger partial charge in [0.2, 0.25) is 5.91 Å². The number of alkyl halides is 1. The minimum Gasteiger partial charge on any atom is -0.344 e. The number of halogens is 1. The van der Waals surface area contributed by atoms with Crippen molar-refractivity contribution in [2.75, 3.05) is 5.88 Å². The Morgan fingerprint density at radius 1 is 1.45 bits per heavy atom. The van der Waals surface area contributed by atoms with Crippen LogP contribution in [0.1, 0.15) is 32.4 Å². The van der Waals surface area contributed by atoms with Crippen LogP contribution in [0.2, 0.25) is 0 Å². The molecule has 1 saturated carbocycles. The van der Waals surface area contributed by atoms with Crippen molar-refractivity contribution in [1.82, 2.24) is 15.3 Å². The zero-order valence-corrected chi connectivity index (χ0v) is 12.8. The van der Waals surface area contributed by atoms with Crippen molar-refractivity contribution in [2.24, 2.45) is 0 Å². The Morgan fingerprint density at radius 2 is 2.10 bits per heavy atom. The van der Waals surface area contributed by atoms with E-state index in [9.17, 15) is 13.2 Å². The first kappa shape index (κ1) is 15.2. The van der Waals surface area contributed by atoms with Crippen LogP contribution in [0.5, 0.6) is 0 Å². The van der Waals surface area contributed by atoms with E-state index in [1.54, 1.807) is 13.8 Å². The third-order valence-electron chi connectivity index (χ3n) is 3.08. The van der Waals surface area contributed by atoms with Gasteiger partial charge in [-0.05, 0) is 26.7 Å². The molecule has 1 aromatic rings. The van der Waals surface area contributed by atoms with E-state index < -0.39 is 15.4 Å². The van der Waals surface area contributed by atoms with Crippen LogP contribution < -0.4 is 5.32 Å². The lowest BCUT2D eigenvalue weighted by atomic mass is 10.0. The molecule has 0 aromatic carbocycles. The number of carbonyl (C=O) groups excluding carboxylic acids is 1. The van der Waals surface area contributed by atoms with Crippen LogP contribution >= 0.6 is 11.6 Å². The number of nitrogens with one attached hydrogen (secondary N) is 1. The summed E-state index contributed by atoms with van der Waals surface area (Å²) >= 11 is 5.46. The normalized spacial score (nSPS) is 15.9. The number of hydrogen-bond acceptors (Lipinski definition) is 5. The van der Waals surface area contributed by atoms with Gasteiger partial charge in [0, 0.05) is 0 Å². The molecule has 0 saturated heterocycles. The predicted octanol–water partition coefficient (Wildman–Crippen LogP) is 1.00. The summed E-state index contributed by atoms with van der Waals surface area (Å²) in [5, 5.41) is 2.30. The molecule has 1 N–H and O–H groups in total. The van der Waals surface area contributed by atoms with Crippen LogP contribution in [0.3, 0.4) is 0 Å². The van der Waals surface area contributed by atoms with Crippen LogP contribution in [-0.2, 0) is 20.2 Å². The predicted molar refractivity (Wildman–Crippen MR) is 74.1 cm³/mol. The van der Waals surface area contributed by atoms with Gasteiger partial charge in [-0.15, -0.1) is 11.6 Å². The topological polar surface area (TPSA) is 89.0 Å². The van der Waals surface area contributed by atoms with E-state index in [1.807, 2.05) is 0 Å². The Kier molecular flexibility index (Phi) is 4.02. The van der Waals surface area contributed by atoms with Crippen molar-refractivity contribution < 1.29 is 13.2 Å². The lowest BCUT2D eigenvalue weighted by Crippen LogP contribution is -2.42. The highest BCUT2D eigenvalue weighted by atomic mass is 35.5. The molecule has 1 heterocycles. The number of aromatic nitrogens is 2. The maximum Gasteiger partial charge on any atom is 0.235 e. The summed E-state index contributed by atoms with van der Waals surface area (Å²) in [5.41, 5.74) is -0.452. The summed E-state index contributed by atoms with van der Waals surface area (Å²) in [6, 6.07) is 0. The third kappa shape index (κ3) is 3.09. The van der Waals surface area contributed by atoms with Gasteiger partial charge in [-0.2, -0.15) is 0 Å². The molecule has 0 aliphatic heterocycles. The van der Waals surface area contributed by atoms with E-state index in [-0.39, 0.29) is 22.1 Å². The largest absolute Gasteiger partial charge is 0.344 e. The molecule has 110 valence electrons. The van der Waals surface area contributed by atoms with Gasteiger partial charge in [-0.3, -0.25) is 9.78 Å². The Bertz CT molecular complexity index is 627. The van der Waals surface area contributed by atoms with Gasteiger partial charge in [-0.1, -0.05) is 0 Å². The number of rotatable bonds is 5. The highest BCUT2D eigenvalue weighted by Gasteiger charge is 2.38. The van der Waals surface area contributed by atoms with Gasteiger partial charge in [0.1, 0.15) is 5.88 Å². The second kappa shape index (κ2) is 5.29. The molecule has 1 amide bonds. The van der Waals surface area contributed by atoms with Gasteiger partial charge >= 0.3 is 0 Å². The fraction of sp³-hybridized carbons (Fsp3) is 0.583. The van der Waals surface area contributed by atoms with E-state index in [1.165, 1.54) is 12.4 Å². The van der Waals surface area contributed by atoms with Crippen LogP contribution in [0.15, 0.2) is 17.4 Å². The average Bonchev–Trinajstić information content (AvgIpc) is 3.23. The smallest absolute Gasteiger partial charge is 0.235 e. The molecule has 0 atom stereocenters. The molecule has 20 heavy (non-hydrogen) atoms.